The summed E-state index contributed by atoms with van der Waals surface area (Å²) >= 11 is 0. The molecule has 8 heteroatoms. The minimum Gasteiger partial charge on any atom is -0.497 e. The van der Waals surface area contributed by atoms with Crippen LogP contribution in [0.4, 0.5) is 5.69 Å². The van der Waals surface area contributed by atoms with Crippen LogP contribution in [0.25, 0.3) is 5.69 Å². The van der Waals surface area contributed by atoms with Crippen molar-refractivity contribution >= 4 is 35.6 Å². The second kappa shape index (κ2) is 11.0. The van der Waals surface area contributed by atoms with Gasteiger partial charge in [0.2, 0.25) is 0 Å². The highest BCUT2D eigenvalue weighted by atomic mass is 127. The first-order valence-corrected chi connectivity index (χ1v) is 10.2. The molecule has 0 bridgehead atoms. The van der Waals surface area contributed by atoms with Crippen molar-refractivity contribution in [1.29, 1.82) is 0 Å². The van der Waals surface area contributed by atoms with Crippen molar-refractivity contribution in [3.8, 4) is 11.4 Å². The van der Waals surface area contributed by atoms with Crippen molar-refractivity contribution < 1.29 is 4.74 Å². The highest BCUT2D eigenvalue weighted by Crippen LogP contribution is 2.20. The predicted octanol–water partition coefficient (Wildman–Crippen LogP) is 3.40. The number of halogens is 1. The average molecular weight is 532 g/mol. The van der Waals surface area contributed by atoms with Gasteiger partial charge in [0.25, 0.3) is 0 Å². The number of benzene rings is 2. The van der Waals surface area contributed by atoms with Gasteiger partial charge in [-0.15, -0.1) is 24.0 Å². The second-order valence-corrected chi connectivity index (χ2v) is 7.16. The molecule has 1 aromatic heterocycles. The Balaban J connectivity index is 0.00000272. The number of methoxy groups -OCH3 is 1. The zero-order valence-corrected chi connectivity index (χ0v) is 20.3. The summed E-state index contributed by atoms with van der Waals surface area (Å²) < 4.78 is 7.15. The van der Waals surface area contributed by atoms with Gasteiger partial charge in [-0.05, 0) is 42.5 Å². The third kappa shape index (κ3) is 5.69. The fraction of sp³-hybridized carbons (Fsp3) is 0.304. The Bertz CT molecular complexity index is 965. The van der Waals surface area contributed by atoms with Crippen molar-refractivity contribution in [2.45, 2.75) is 6.54 Å². The molecule has 1 fully saturated rings. The summed E-state index contributed by atoms with van der Waals surface area (Å²) in [5.74, 6) is 1.80. The number of guanidine groups is 1. The minimum absolute atomic E-state index is 0. The summed E-state index contributed by atoms with van der Waals surface area (Å²) in [4.78, 5) is 9.17. The zero-order valence-electron chi connectivity index (χ0n) is 17.9. The van der Waals surface area contributed by atoms with E-state index in [0.717, 1.165) is 49.3 Å². The van der Waals surface area contributed by atoms with E-state index in [9.17, 15) is 0 Å². The van der Waals surface area contributed by atoms with Crippen molar-refractivity contribution in [3.05, 3.63) is 72.6 Å². The second-order valence-electron chi connectivity index (χ2n) is 7.16. The van der Waals surface area contributed by atoms with E-state index in [-0.39, 0.29) is 24.0 Å². The van der Waals surface area contributed by atoms with Gasteiger partial charge in [0, 0.05) is 45.1 Å². The molecule has 1 saturated heterocycles. The molecule has 164 valence electrons. The fourth-order valence-electron chi connectivity index (χ4n) is 3.65. The van der Waals surface area contributed by atoms with Crippen LogP contribution in [0.1, 0.15) is 5.69 Å². The third-order valence-corrected chi connectivity index (χ3v) is 5.32. The van der Waals surface area contributed by atoms with Gasteiger partial charge in [-0.3, -0.25) is 4.99 Å². The lowest BCUT2D eigenvalue weighted by Gasteiger charge is -2.37. The third-order valence-electron chi connectivity index (χ3n) is 5.32. The normalized spacial score (nSPS) is 14.2. The maximum atomic E-state index is 5.25. The molecular weight excluding hydrogens is 503 g/mol. The SMILES string of the molecule is CN=C(NCc1ccn(-c2ccccc2)n1)N1CCN(c2ccc(OC)cc2)CC1.I. The number of aromatic nitrogens is 2. The minimum atomic E-state index is 0. The Morgan fingerprint density at radius 2 is 1.68 bits per heavy atom. The van der Waals surface area contributed by atoms with Gasteiger partial charge in [-0.2, -0.15) is 5.10 Å². The van der Waals surface area contributed by atoms with Crippen LogP contribution in [0.2, 0.25) is 0 Å². The molecule has 0 unspecified atom stereocenters. The molecule has 7 nitrogen and oxygen atoms in total. The Kier molecular flexibility index (Phi) is 8.16. The number of ether oxygens (including phenoxy) is 1. The van der Waals surface area contributed by atoms with E-state index < -0.39 is 0 Å². The lowest BCUT2D eigenvalue weighted by Crippen LogP contribution is -2.52. The smallest absolute Gasteiger partial charge is 0.194 e. The van der Waals surface area contributed by atoms with E-state index in [0.29, 0.717) is 6.54 Å². The number of nitrogens with one attached hydrogen (secondary N) is 1. The Morgan fingerprint density at radius 3 is 2.32 bits per heavy atom. The van der Waals surface area contributed by atoms with Crippen molar-refractivity contribution in [1.82, 2.24) is 20.0 Å². The van der Waals surface area contributed by atoms with E-state index in [2.05, 4.69) is 37.3 Å². The number of nitrogens with zero attached hydrogens (tertiary/aromatic N) is 5. The molecule has 0 radical (unpaired) electrons. The molecule has 2 aromatic carbocycles. The van der Waals surface area contributed by atoms with Gasteiger partial charge in [0.05, 0.1) is 25.0 Å². The van der Waals surface area contributed by atoms with Gasteiger partial charge < -0.3 is 19.9 Å². The number of hydrogen-bond acceptors (Lipinski definition) is 4. The van der Waals surface area contributed by atoms with Crippen LogP contribution in [0, 0.1) is 0 Å². The first-order valence-electron chi connectivity index (χ1n) is 10.2. The quantitative estimate of drug-likeness (QED) is 0.310. The van der Waals surface area contributed by atoms with Gasteiger partial charge in [0.1, 0.15) is 5.75 Å². The fourth-order valence-corrected chi connectivity index (χ4v) is 3.65. The first-order chi connectivity index (χ1) is 14.8. The van der Waals surface area contributed by atoms with Gasteiger partial charge in [-0.1, -0.05) is 18.2 Å². The highest BCUT2D eigenvalue weighted by molar-refractivity contribution is 14.0. The largest absolute Gasteiger partial charge is 0.497 e. The van der Waals surface area contributed by atoms with E-state index in [1.54, 1.807) is 7.11 Å². The molecule has 31 heavy (non-hydrogen) atoms. The lowest BCUT2D eigenvalue weighted by atomic mass is 10.2. The Hall–Kier alpha value is -2.75. The highest BCUT2D eigenvalue weighted by Gasteiger charge is 2.20. The number of anilines is 1. The molecule has 4 rings (SSSR count). The molecule has 0 atom stereocenters. The molecule has 1 N–H and O–H groups in total. The maximum Gasteiger partial charge on any atom is 0.194 e. The number of rotatable bonds is 5. The molecule has 0 saturated carbocycles. The molecule has 0 aliphatic carbocycles. The monoisotopic (exact) mass is 532 g/mol. The van der Waals surface area contributed by atoms with Crippen LogP contribution in [0.5, 0.6) is 5.75 Å². The summed E-state index contributed by atoms with van der Waals surface area (Å²) in [5.41, 5.74) is 3.27. The van der Waals surface area contributed by atoms with E-state index >= 15 is 0 Å². The maximum absolute atomic E-state index is 5.25. The molecular formula is C23H29IN6O. The Morgan fingerprint density at radius 1 is 0.968 bits per heavy atom. The summed E-state index contributed by atoms with van der Waals surface area (Å²) in [7, 11) is 3.53. The standard InChI is InChI=1S/C23H28N6O.HI/c1-24-23(25-18-19-12-13-29(26-19)21-6-4-3-5-7-21)28-16-14-27(15-17-28)20-8-10-22(30-2)11-9-20;/h3-13H,14-18H2,1-2H3,(H,24,25);1H. The van der Waals surface area contributed by atoms with Crippen LogP contribution in [-0.4, -0.2) is 61.0 Å². The zero-order chi connectivity index (χ0) is 20.8. The van der Waals surface area contributed by atoms with Gasteiger partial charge >= 0.3 is 0 Å². The van der Waals surface area contributed by atoms with Gasteiger partial charge in [0.15, 0.2) is 5.96 Å². The number of hydrogen-bond donors (Lipinski definition) is 1. The van der Waals surface area contributed by atoms with Crippen LogP contribution in [0.3, 0.4) is 0 Å². The van der Waals surface area contributed by atoms with Crippen LogP contribution in [0.15, 0.2) is 71.9 Å². The number of piperazine rings is 1. The van der Waals surface area contributed by atoms with E-state index in [1.807, 2.05) is 66.5 Å². The molecule has 0 spiro atoms. The molecule has 2 heterocycles. The first kappa shape index (κ1) is 22.9. The van der Waals surface area contributed by atoms with Crippen LogP contribution < -0.4 is 15.0 Å². The van der Waals surface area contributed by atoms with E-state index in [1.165, 1.54) is 5.69 Å². The Labute approximate surface area is 200 Å². The van der Waals surface area contributed by atoms with Crippen molar-refractivity contribution in [2.24, 2.45) is 4.99 Å². The van der Waals surface area contributed by atoms with Gasteiger partial charge in [-0.25, -0.2) is 4.68 Å². The summed E-state index contributed by atoms with van der Waals surface area (Å²) in [6.45, 7) is 4.39. The molecule has 3 aromatic rings. The molecule has 1 aliphatic rings. The summed E-state index contributed by atoms with van der Waals surface area (Å²) in [6.07, 6.45) is 1.99. The van der Waals surface area contributed by atoms with Crippen molar-refractivity contribution in [2.75, 3.05) is 45.2 Å². The summed E-state index contributed by atoms with van der Waals surface area (Å²) in [6, 6.07) is 20.4. The van der Waals surface area contributed by atoms with Crippen LogP contribution >= 0.6 is 24.0 Å². The topological polar surface area (TPSA) is 57.9 Å². The molecule has 1 aliphatic heterocycles. The van der Waals surface area contributed by atoms with E-state index in [4.69, 9.17) is 4.74 Å². The summed E-state index contributed by atoms with van der Waals surface area (Å²) in [5, 5.41) is 8.11. The van der Waals surface area contributed by atoms with Crippen molar-refractivity contribution in [3.63, 3.8) is 0 Å². The number of aliphatic imine (C=N–C) groups is 1. The average Bonchev–Trinajstić information content (AvgIpc) is 3.30. The number of para-hydroxylation sites is 1. The lowest BCUT2D eigenvalue weighted by molar-refractivity contribution is 0.372. The molecule has 0 amide bonds. The predicted molar refractivity (Wildman–Crippen MR) is 136 cm³/mol. The van der Waals surface area contributed by atoms with Crippen LogP contribution in [-0.2, 0) is 6.54 Å².